The predicted molar refractivity (Wildman–Crippen MR) is 96.1 cm³/mol. The molecular weight excluding hydrogens is 296 g/mol. The number of fused-ring (bicyclic) bond motifs is 3. The lowest BCUT2D eigenvalue weighted by Crippen LogP contribution is -2.30. The molecule has 4 rings (SSSR count). The van der Waals surface area contributed by atoms with Crippen LogP contribution in [0.15, 0.2) is 53.1 Å². The van der Waals surface area contributed by atoms with Gasteiger partial charge < -0.3 is 4.42 Å². The maximum atomic E-state index is 7.23. The molecule has 2 heterocycles. The lowest BCUT2D eigenvalue weighted by atomic mass is 10.00. The Bertz CT molecular complexity index is 1150. The van der Waals surface area contributed by atoms with Crippen LogP contribution < -0.4 is 4.57 Å². The zero-order valence-electron chi connectivity index (χ0n) is 13.9. The van der Waals surface area contributed by atoms with Crippen molar-refractivity contribution in [1.29, 1.82) is 0 Å². The average Bonchev–Trinajstić information content (AvgIpc) is 2.94. The second-order valence-electron chi connectivity index (χ2n) is 6.23. The van der Waals surface area contributed by atoms with Crippen molar-refractivity contribution in [1.82, 2.24) is 0 Å². The quantitative estimate of drug-likeness (QED) is 0.347. The van der Waals surface area contributed by atoms with Gasteiger partial charge in [0.05, 0.1) is 12.1 Å². The van der Waals surface area contributed by atoms with E-state index in [2.05, 4.69) is 53.7 Å². The van der Waals surface area contributed by atoms with E-state index in [4.69, 9.17) is 11.0 Å². The normalized spacial score (nSPS) is 11.1. The van der Waals surface area contributed by atoms with Gasteiger partial charge in [0.1, 0.15) is 18.2 Å². The third-order valence-electron chi connectivity index (χ3n) is 4.52. The van der Waals surface area contributed by atoms with Crippen molar-refractivity contribution in [3.63, 3.8) is 0 Å². The van der Waals surface area contributed by atoms with Gasteiger partial charge in [0, 0.05) is 22.9 Å². The van der Waals surface area contributed by atoms with Gasteiger partial charge in [-0.3, -0.25) is 0 Å². The molecule has 2 aromatic carbocycles. The minimum absolute atomic E-state index is 0.633. The fourth-order valence-electron chi connectivity index (χ4n) is 3.24. The van der Waals surface area contributed by atoms with Crippen LogP contribution in [-0.2, 0) is 7.05 Å². The number of benzene rings is 2. The van der Waals surface area contributed by atoms with Crippen LogP contribution in [-0.4, -0.2) is 0 Å². The molecule has 0 bridgehead atoms. The van der Waals surface area contributed by atoms with Gasteiger partial charge in [-0.15, -0.1) is 0 Å². The monoisotopic (exact) mass is 313 g/mol. The first-order valence-corrected chi connectivity index (χ1v) is 7.88. The fraction of sp³-hybridized carbons (Fsp3) is 0.143. The van der Waals surface area contributed by atoms with Gasteiger partial charge in [0.15, 0.2) is 11.9 Å². The van der Waals surface area contributed by atoms with Gasteiger partial charge in [0.25, 0.3) is 0 Å². The van der Waals surface area contributed by atoms with Crippen molar-refractivity contribution in [2.45, 2.75) is 13.8 Å². The van der Waals surface area contributed by atoms with E-state index in [1.807, 2.05) is 19.2 Å². The maximum Gasteiger partial charge on any atom is 0.216 e. The summed E-state index contributed by atoms with van der Waals surface area (Å²) in [5, 5.41) is 2.05. The number of hydrogen-bond donors (Lipinski definition) is 0. The Morgan fingerprint density at radius 3 is 2.62 bits per heavy atom. The Labute approximate surface area is 140 Å². The first kappa shape index (κ1) is 14.5. The minimum atomic E-state index is 0.633. The Hall–Kier alpha value is -3.12. The Morgan fingerprint density at radius 1 is 1.00 bits per heavy atom. The summed E-state index contributed by atoms with van der Waals surface area (Å²) in [5.74, 6) is 0. The number of aryl methyl sites for hydroxylation is 3. The van der Waals surface area contributed by atoms with Gasteiger partial charge in [-0.25, -0.2) is 9.41 Å². The molecule has 0 saturated heterocycles. The summed E-state index contributed by atoms with van der Waals surface area (Å²) >= 11 is 0. The third kappa shape index (κ3) is 2.08. The van der Waals surface area contributed by atoms with Crippen LogP contribution in [0.4, 0.5) is 5.69 Å². The topological polar surface area (TPSA) is 21.4 Å². The van der Waals surface area contributed by atoms with Crippen molar-refractivity contribution >= 4 is 27.6 Å². The molecule has 0 aliphatic heterocycles. The van der Waals surface area contributed by atoms with Gasteiger partial charge >= 0.3 is 0 Å². The molecule has 3 nitrogen and oxygen atoms in total. The molecule has 0 aliphatic rings. The maximum absolute atomic E-state index is 7.23. The summed E-state index contributed by atoms with van der Waals surface area (Å²) in [7, 11) is 2.05. The van der Waals surface area contributed by atoms with Crippen LogP contribution in [0.25, 0.3) is 38.0 Å². The summed E-state index contributed by atoms with van der Waals surface area (Å²) in [6, 6.07) is 14.1. The first-order valence-electron chi connectivity index (χ1n) is 7.88. The number of aromatic nitrogens is 1. The first-order chi connectivity index (χ1) is 11.6. The van der Waals surface area contributed by atoms with Gasteiger partial charge in [-0.1, -0.05) is 18.2 Å². The summed E-state index contributed by atoms with van der Waals surface area (Å²) < 4.78 is 8.31. The number of nitrogens with zero attached hydrogens (tertiary/aromatic N) is 2. The summed E-state index contributed by atoms with van der Waals surface area (Å²) in [4.78, 5) is 3.54. The molecule has 0 saturated carbocycles. The zero-order valence-corrected chi connectivity index (χ0v) is 13.9. The van der Waals surface area contributed by atoms with Crippen molar-refractivity contribution in [3.8, 4) is 11.3 Å². The lowest BCUT2D eigenvalue weighted by Gasteiger charge is -2.06. The van der Waals surface area contributed by atoms with Crippen molar-refractivity contribution in [3.05, 3.63) is 71.2 Å². The van der Waals surface area contributed by atoms with E-state index in [0.29, 0.717) is 5.69 Å². The largest absolute Gasteiger partial charge is 0.455 e. The van der Waals surface area contributed by atoms with E-state index in [9.17, 15) is 0 Å². The van der Waals surface area contributed by atoms with Gasteiger partial charge in [0.2, 0.25) is 5.69 Å². The highest BCUT2D eigenvalue weighted by Gasteiger charge is 2.20. The molecule has 0 N–H and O–H groups in total. The van der Waals surface area contributed by atoms with Crippen LogP contribution in [0.3, 0.4) is 0 Å². The second kappa shape index (κ2) is 5.21. The molecule has 2 aromatic heterocycles. The summed E-state index contributed by atoms with van der Waals surface area (Å²) in [5.41, 5.74) is 6.96. The molecule has 4 aromatic rings. The van der Waals surface area contributed by atoms with E-state index >= 15 is 0 Å². The van der Waals surface area contributed by atoms with Crippen molar-refractivity contribution in [2.75, 3.05) is 0 Å². The van der Waals surface area contributed by atoms with Gasteiger partial charge in [-0.2, -0.15) is 0 Å². The Kier molecular flexibility index (Phi) is 3.14. The van der Waals surface area contributed by atoms with Gasteiger partial charge in [-0.05, 0) is 37.1 Å². The number of furan rings is 1. The van der Waals surface area contributed by atoms with Crippen LogP contribution >= 0.6 is 0 Å². The van der Waals surface area contributed by atoms with E-state index in [-0.39, 0.29) is 0 Å². The van der Waals surface area contributed by atoms with E-state index in [1.54, 1.807) is 6.07 Å². The molecule has 0 radical (unpaired) electrons. The van der Waals surface area contributed by atoms with Crippen LogP contribution in [0.2, 0.25) is 0 Å². The number of rotatable bonds is 1. The fourth-order valence-corrected chi connectivity index (χ4v) is 3.24. The Balaban J connectivity index is 2.14. The highest BCUT2D eigenvalue weighted by Crippen LogP contribution is 2.38. The SMILES string of the molecule is [C-]#[N+]c1ccc2oc3c(-c4cc(C)cc[n+]4C)c(C)ccc3c2c1. The molecule has 0 spiro atoms. The molecule has 3 heteroatoms. The molecule has 24 heavy (non-hydrogen) atoms. The smallest absolute Gasteiger partial charge is 0.216 e. The molecule has 0 fully saturated rings. The second-order valence-corrected chi connectivity index (χ2v) is 6.23. The lowest BCUT2D eigenvalue weighted by molar-refractivity contribution is -0.660. The molecule has 0 atom stereocenters. The molecular formula is C21H17N2O+. The standard InChI is InChI=1S/C21H17N2O/c1-13-9-10-23(4)18(11-13)20-14(2)5-7-16-17-12-15(22-3)6-8-19(17)24-21(16)20/h5-12H,1-2,4H3/q+1. The van der Waals surface area contributed by atoms with Crippen LogP contribution in [0.5, 0.6) is 0 Å². The van der Waals surface area contributed by atoms with E-state index in [1.165, 1.54) is 11.1 Å². The number of pyridine rings is 1. The molecule has 0 amide bonds. The van der Waals surface area contributed by atoms with E-state index < -0.39 is 0 Å². The molecule has 0 unspecified atom stereocenters. The zero-order chi connectivity index (χ0) is 16.8. The van der Waals surface area contributed by atoms with Crippen molar-refractivity contribution in [2.24, 2.45) is 7.05 Å². The van der Waals surface area contributed by atoms with Crippen molar-refractivity contribution < 1.29 is 8.98 Å². The molecule has 0 aliphatic carbocycles. The highest BCUT2D eigenvalue weighted by molar-refractivity contribution is 6.10. The average molecular weight is 313 g/mol. The third-order valence-corrected chi connectivity index (χ3v) is 4.52. The van der Waals surface area contributed by atoms with Crippen LogP contribution in [0, 0.1) is 20.4 Å². The minimum Gasteiger partial charge on any atom is -0.455 e. The van der Waals surface area contributed by atoms with E-state index in [0.717, 1.165) is 33.2 Å². The molecule has 116 valence electrons. The summed E-state index contributed by atoms with van der Waals surface area (Å²) in [6.45, 7) is 11.4. The predicted octanol–water partition coefficient (Wildman–Crippen LogP) is 5.25. The number of hydrogen-bond acceptors (Lipinski definition) is 1. The Morgan fingerprint density at radius 2 is 1.83 bits per heavy atom. The van der Waals surface area contributed by atoms with Crippen LogP contribution in [0.1, 0.15) is 11.1 Å². The highest BCUT2D eigenvalue weighted by atomic mass is 16.3. The summed E-state index contributed by atoms with van der Waals surface area (Å²) in [6.07, 6.45) is 2.07.